The summed E-state index contributed by atoms with van der Waals surface area (Å²) in [7, 11) is 0. The van der Waals surface area contributed by atoms with Crippen molar-refractivity contribution in [2.45, 2.75) is 83.7 Å². The van der Waals surface area contributed by atoms with Crippen molar-refractivity contribution in [1.29, 1.82) is 0 Å². The van der Waals surface area contributed by atoms with E-state index in [0.717, 1.165) is 38.2 Å². The van der Waals surface area contributed by atoms with E-state index in [-0.39, 0.29) is 6.10 Å². The highest BCUT2D eigenvalue weighted by Gasteiger charge is 2.07. The molecule has 0 aromatic carbocycles. The van der Waals surface area contributed by atoms with Gasteiger partial charge in [-0.25, -0.2) is 9.68 Å². The summed E-state index contributed by atoms with van der Waals surface area (Å²) in [6, 6.07) is 0. The molecule has 0 spiro atoms. The summed E-state index contributed by atoms with van der Waals surface area (Å²) in [6.07, 6.45) is 22.7. The number of rotatable bonds is 16. The Bertz CT molecular complexity index is 372. The maximum Gasteiger partial charge on any atom is 0.328 e. The van der Waals surface area contributed by atoms with Crippen molar-refractivity contribution in [3.63, 3.8) is 0 Å². The molecule has 0 amide bonds. The van der Waals surface area contributed by atoms with Crippen molar-refractivity contribution in [2.75, 3.05) is 0 Å². The molecule has 0 saturated carbocycles. The molecule has 0 unspecified atom stereocenters. The van der Waals surface area contributed by atoms with E-state index >= 15 is 0 Å². The van der Waals surface area contributed by atoms with Crippen molar-refractivity contribution in [3.8, 4) is 0 Å². The Morgan fingerprint density at radius 2 is 1.54 bits per heavy atom. The Morgan fingerprint density at radius 1 is 0.917 bits per heavy atom. The van der Waals surface area contributed by atoms with Crippen LogP contribution in [0.5, 0.6) is 0 Å². The van der Waals surface area contributed by atoms with Crippen molar-refractivity contribution >= 4 is 5.97 Å². The topological polar surface area (TPSA) is 66.8 Å². The minimum Gasteiger partial charge on any atom is -0.478 e. The highest BCUT2D eigenvalue weighted by molar-refractivity contribution is 5.80. The van der Waals surface area contributed by atoms with Crippen molar-refractivity contribution in [1.82, 2.24) is 0 Å². The number of unbranched alkanes of at least 4 members (excludes halogenated alkanes) is 7. The van der Waals surface area contributed by atoms with Gasteiger partial charge in [0.25, 0.3) is 0 Å². The molecule has 0 bridgehead atoms. The zero-order chi connectivity index (χ0) is 17.9. The molecule has 0 aliphatic carbocycles. The molecule has 0 aliphatic heterocycles. The second-order valence-corrected chi connectivity index (χ2v) is 6.08. The fraction of sp³-hybridized carbons (Fsp3) is 0.650. The van der Waals surface area contributed by atoms with Gasteiger partial charge in [0.2, 0.25) is 0 Å². The number of aliphatic carboxylic acids is 1. The van der Waals surface area contributed by atoms with Crippen molar-refractivity contribution < 1.29 is 20.0 Å². The molecule has 0 heterocycles. The van der Waals surface area contributed by atoms with E-state index in [0.29, 0.717) is 0 Å². The molecule has 0 radical (unpaired) electrons. The predicted octanol–water partition coefficient (Wildman–Crippen LogP) is 5.91. The Balaban J connectivity index is 3.45. The van der Waals surface area contributed by atoms with E-state index in [2.05, 4.69) is 17.9 Å². The summed E-state index contributed by atoms with van der Waals surface area (Å²) in [5.41, 5.74) is 0. The minimum absolute atomic E-state index is 0.0152. The molecular formula is C20H34O4. The highest BCUT2D eigenvalue weighted by Crippen LogP contribution is 2.14. The van der Waals surface area contributed by atoms with Gasteiger partial charge in [0.05, 0.1) is 6.10 Å². The summed E-state index contributed by atoms with van der Waals surface area (Å²) in [5, 5.41) is 17.3. The van der Waals surface area contributed by atoms with E-state index in [4.69, 9.17) is 10.4 Å². The molecule has 138 valence electrons. The third kappa shape index (κ3) is 17.0. The second-order valence-electron chi connectivity index (χ2n) is 6.08. The van der Waals surface area contributed by atoms with Crippen molar-refractivity contribution in [2.24, 2.45) is 0 Å². The average Bonchev–Trinajstić information content (AvgIpc) is 2.57. The first kappa shape index (κ1) is 22.6. The first-order chi connectivity index (χ1) is 11.7. The number of hydrogen-bond donors (Lipinski definition) is 2. The molecule has 0 rings (SSSR count). The van der Waals surface area contributed by atoms with Crippen LogP contribution in [0.25, 0.3) is 0 Å². The van der Waals surface area contributed by atoms with Crippen LogP contribution in [-0.4, -0.2) is 22.4 Å². The van der Waals surface area contributed by atoms with E-state index in [1.807, 2.05) is 12.2 Å². The van der Waals surface area contributed by atoms with Gasteiger partial charge >= 0.3 is 5.97 Å². The van der Waals surface area contributed by atoms with Gasteiger partial charge in [0, 0.05) is 6.08 Å². The molecule has 0 aliphatic rings. The lowest BCUT2D eigenvalue weighted by Gasteiger charge is -2.12. The van der Waals surface area contributed by atoms with Gasteiger partial charge in [-0.1, -0.05) is 82.2 Å². The van der Waals surface area contributed by atoms with Gasteiger partial charge in [0.1, 0.15) is 0 Å². The molecule has 4 nitrogen and oxygen atoms in total. The minimum atomic E-state index is -0.929. The van der Waals surface area contributed by atoms with Crippen LogP contribution in [0.2, 0.25) is 0 Å². The number of hydrogen-bond acceptors (Lipinski definition) is 3. The summed E-state index contributed by atoms with van der Waals surface area (Å²) < 4.78 is 0. The van der Waals surface area contributed by atoms with Crippen molar-refractivity contribution in [3.05, 3.63) is 36.5 Å². The number of carbonyl (C=O) groups is 1. The summed E-state index contributed by atoms with van der Waals surface area (Å²) in [5.74, 6) is -0.929. The molecule has 2 N–H and O–H groups in total. The molecule has 0 saturated heterocycles. The van der Waals surface area contributed by atoms with Crippen LogP contribution in [0.3, 0.4) is 0 Å². The average molecular weight is 338 g/mol. The van der Waals surface area contributed by atoms with Gasteiger partial charge in [-0.15, -0.1) is 0 Å². The second kappa shape index (κ2) is 18.0. The molecular weight excluding hydrogens is 304 g/mol. The molecule has 24 heavy (non-hydrogen) atoms. The zero-order valence-electron chi connectivity index (χ0n) is 15.0. The Labute approximate surface area is 146 Å². The third-order valence-electron chi connectivity index (χ3n) is 3.88. The molecule has 0 aromatic rings. The maximum absolute atomic E-state index is 10.2. The van der Waals surface area contributed by atoms with E-state index in [9.17, 15) is 4.79 Å². The lowest BCUT2D eigenvalue weighted by molar-refractivity contribution is -0.281. The first-order valence-corrected chi connectivity index (χ1v) is 9.23. The van der Waals surface area contributed by atoms with Crippen LogP contribution >= 0.6 is 0 Å². The van der Waals surface area contributed by atoms with Gasteiger partial charge in [-0.05, 0) is 25.7 Å². The quantitative estimate of drug-likeness (QED) is 0.121. The predicted molar refractivity (Wildman–Crippen MR) is 99.0 cm³/mol. The van der Waals surface area contributed by atoms with Gasteiger partial charge in [-0.2, -0.15) is 0 Å². The zero-order valence-corrected chi connectivity index (χ0v) is 15.0. The van der Waals surface area contributed by atoms with Crippen LogP contribution in [-0.2, 0) is 9.68 Å². The number of carboxylic acids is 1. The van der Waals surface area contributed by atoms with Crippen LogP contribution in [0.4, 0.5) is 0 Å². The van der Waals surface area contributed by atoms with Crippen LogP contribution in [0, 0.1) is 0 Å². The Kier molecular flexibility index (Phi) is 16.9. The fourth-order valence-electron chi connectivity index (χ4n) is 2.48. The van der Waals surface area contributed by atoms with E-state index < -0.39 is 5.97 Å². The standard InChI is InChI=1S/C20H34O4/c1-2-3-13-16-19(24-23)17-14-11-9-7-5-4-6-8-10-12-15-18-20(21)22/h6,8,10,12,15,18-19,23H,2-5,7,9,11,13-14,16-17H2,1H3,(H,21,22)/t19-/m1/s1. The Hall–Kier alpha value is -1.39. The van der Waals surface area contributed by atoms with Gasteiger partial charge in [-0.3, -0.25) is 5.26 Å². The molecule has 0 fully saturated rings. The van der Waals surface area contributed by atoms with Gasteiger partial charge < -0.3 is 5.11 Å². The largest absolute Gasteiger partial charge is 0.478 e. The SMILES string of the molecule is CCCCC[C@H](CCCCCCCC=CC=CC=CC(=O)O)OO. The monoisotopic (exact) mass is 338 g/mol. The maximum atomic E-state index is 10.2. The summed E-state index contributed by atoms with van der Waals surface area (Å²) in [6.45, 7) is 2.18. The Morgan fingerprint density at radius 3 is 2.21 bits per heavy atom. The first-order valence-electron chi connectivity index (χ1n) is 9.23. The smallest absolute Gasteiger partial charge is 0.328 e. The van der Waals surface area contributed by atoms with Gasteiger partial charge in [0.15, 0.2) is 0 Å². The molecule has 4 heteroatoms. The van der Waals surface area contributed by atoms with E-state index in [1.54, 1.807) is 6.08 Å². The lowest BCUT2D eigenvalue weighted by atomic mass is 10.0. The number of allylic oxidation sites excluding steroid dienone is 5. The molecule has 1 atom stereocenters. The number of carboxylic acid groups (broad SMARTS) is 1. The fourth-order valence-corrected chi connectivity index (χ4v) is 2.48. The van der Waals surface area contributed by atoms with Crippen LogP contribution < -0.4 is 0 Å². The summed E-state index contributed by atoms with van der Waals surface area (Å²) >= 11 is 0. The third-order valence-corrected chi connectivity index (χ3v) is 3.88. The normalized spacial score (nSPS) is 13.4. The summed E-state index contributed by atoms with van der Waals surface area (Å²) in [4.78, 5) is 14.8. The van der Waals surface area contributed by atoms with E-state index in [1.165, 1.54) is 44.6 Å². The van der Waals surface area contributed by atoms with Crippen LogP contribution in [0.15, 0.2) is 36.5 Å². The van der Waals surface area contributed by atoms with Crippen LogP contribution in [0.1, 0.15) is 77.6 Å². The lowest BCUT2D eigenvalue weighted by Crippen LogP contribution is -2.10. The molecule has 0 aromatic heterocycles. The highest BCUT2D eigenvalue weighted by atomic mass is 17.1.